The molecule has 0 saturated heterocycles. The number of ether oxygens (including phenoxy) is 2. The summed E-state index contributed by atoms with van der Waals surface area (Å²) in [5.41, 5.74) is 3.64. The lowest BCUT2D eigenvalue weighted by Gasteiger charge is -2.25. The summed E-state index contributed by atoms with van der Waals surface area (Å²) in [7, 11) is -6.98. The molecule has 0 radical (unpaired) electrons. The summed E-state index contributed by atoms with van der Waals surface area (Å²) in [5, 5.41) is 4.42. The van der Waals surface area contributed by atoms with Gasteiger partial charge in [0, 0.05) is 35.1 Å². The van der Waals surface area contributed by atoms with Gasteiger partial charge in [0.25, 0.3) is 0 Å². The molecule has 0 aliphatic heterocycles. The smallest absolute Gasteiger partial charge is 0.306 e. The van der Waals surface area contributed by atoms with Gasteiger partial charge in [-0.15, -0.1) is 0 Å². The van der Waals surface area contributed by atoms with Crippen molar-refractivity contribution in [2.75, 3.05) is 0 Å². The number of furan rings is 4. The van der Waals surface area contributed by atoms with Gasteiger partial charge in [-0.25, -0.2) is 0 Å². The third-order valence-electron chi connectivity index (χ3n) is 16.9. The maximum Gasteiger partial charge on any atom is 0.306 e. The quantitative estimate of drug-likeness (QED) is 0.0264. The van der Waals surface area contributed by atoms with Crippen molar-refractivity contribution in [3.8, 4) is 0 Å². The minimum atomic E-state index is -1.74. The van der Waals surface area contributed by atoms with E-state index in [0.717, 1.165) is 168 Å². The topological polar surface area (TPSA) is 105 Å². The van der Waals surface area contributed by atoms with Crippen molar-refractivity contribution in [3.63, 3.8) is 0 Å². The Balaban J connectivity index is 1.28. The molecule has 4 heterocycles. The average Bonchev–Trinajstić information content (AvgIpc) is 4.21. The van der Waals surface area contributed by atoms with Gasteiger partial charge in [0.05, 0.1) is 46.6 Å². The lowest BCUT2D eigenvalue weighted by atomic mass is 10.1. The van der Waals surface area contributed by atoms with Crippen molar-refractivity contribution in [1.29, 1.82) is 0 Å². The zero-order valence-electron chi connectivity index (χ0n) is 43.6. The zero-order chi connectivity index (χ0) is 48.4. The van der Waals surface area contributed by atoms with Gasteiger partial charge in [-0.2, -0.15) is 0 Å². The molecular weight excluding hydrogens is 889 g/mol. The van der Waals surface area contributed by atoms with Gasteiger partial charge in [-0.1, -0.05) is 194 Å². The van der Waals surface area contributed by atoms with Crippen LogP contribution >= 0.6 is 0 Å². The first kappa shape index (κ1) is 55.5. The van der Waals surface area contributed by atoms with Gasteiger partial charge in [0.15, 0.2) is 12.2 Å². The molecule has 4 aromatic heterocycles. The Labute approximate surface area is 404 Å². The van der Waals surface area contributed by atoms with Crippen LogP contribution in [0.15, 0.2) is 67.0 Å². The number of hydrogen-bond donors (Lipinski definition) is 0. The Morgan fingerprint density at radius 3 is 0.758 bits per heavy atom. The Morgan fingerprint density at radius 1 is 0.364 bits per heavy atom. The zero-order valence-corrected chi connectivity index (χ0v) is 47.6. The normalized spacial score (nSPS) is 12.8. The summed E-state index contributed by atoms with van der Waals surface area (Å²) in [5.74, 6) is -0.349. The van der Waals surface area contributed by atoms with Crippen LogP contribution in [-0.2, 0) is 19.1 Å². The van der Waals surface area contributed by atoms with E-state index in [9.17, 15) is 9.59 Å². The second-order valence-electron chi connectivity index (χ2n) is 19.4. The minimum Gasteiger partial charge on any atom is -0.474 e. The molecular formula is C54H90O8Si4. The van der Waals surface area contributed by atoms with E-state index in [1.54, 1.807) is 0 Å². The van der Waals surface area contributed by atoms with Crippen LogP contribution in [0.5, 0.6) is 0 Å². The van der Waals surface area contributed by atoms with Crippen LogP contribution in [0.2, 0.25) is 72.5 Å². The first-order chi connectivity index (χ1) is 31.9. The van der Waals surface area contributed by atoms with Crippen LogP contribution in [0.1, 0.15) is 182 Å². The summed E-state index contributed by atoms with van der Waals surface area (Å²) >= 11 is 0. The van der Waals surface area contributed by atoms with E-state index in [-0.39, 0.29) is 11.9 Å². The second kappa shape index (κ2) is 26.6. The third-order valence-corrected chi connectivity index (χ3v) is 38.4. The SMILES string of the molecule is CC[Si](CC)(CC)c1cc(C(OC(=O)CCCCCCCCCCC(=O)OC(c2coc([Si](CC)(CC)CC)c2)c2coc([Si](CC)(CC)CC)c2)c2coc([Si](CC)(CC)CC)c2)co1. The fourth-order valence-corrected chi connectivity index (χ4v) is 24.1. The van der Waals surface area contributed by atoms with E-state index in [4.69, 9.17) is 27.1 Å². The van der Waals surface area contributed by atoms with Crippen LogP contribution in [0.4, 0.5) is 0 Å². The van der Waals surface area contributed by atoms with Crippen molar-refractivity contribution in [1.82, 2.24) is 0 Å². The molecule has 66 heavy (non-hydrogen) atoms. The van der Waals surface area contributed by atoms with Crippen LogP contribution in [0.25, 0.3) is 0 Å². The maximum atomic E-state index is 13.5. The fraction of sp³-hybridized carbons (Fsp3) is 0.667. The number of carbonyl (C=O) groups is 2. The van der Waals surface area contributed by atoms with Crippen molar-refractivity contribution in [2.45, 2.75) is 232 Å². The van der Waals surface area contributed by atoms with Gasteiger partial charge in [0.1, 0.15) is 32.3 Å². The molecule has 0 unspecified atom stereocenters. The predicted molar refractivity (Wildman–Crippen MR) is 284 cm³/mol. The van der Waals surface area contributed by atoms with Gasteiger partial charge in [-0.3, -0.25) is 9.59 Å². The van der Waals surface area contributed by atoms with Crippen LogP contribution < -0.4 is 21.5 Å². The molecule has 0 bridgehead atoms. The van der Waals surface area contributed by atoms with E-state index in [1.807, 2.05) is 25.1 Å². The molecule has 4 rings (SSSR count). The summed E-state index contributed by atoms with van der Waals surface area (Å²) < 4.78 is 37.9. The molecule has 4 aromatic rings. The molecule has 0 aromatic carbocycles. The number of unbranched alkanes of at least 4 members (excludes halogenated alkanes) is 7. The highest BCUT2D eigenvalue weighted by molar-refractivity contribution is 6.92. The predicted octanol–water partition coefficient (Wildman–Crippen LogP) is 14.8. The number of rotatable bonds is 33. The first-order valence-electron chi connectivity index (χ1n) is 26.6. The molecule has 0 saturated carbocycles. The van der Waals surface area contributed by atoms with E-state index in [2.05, 4.69) is 107 Å². The highest BCUT2D eigenvalue weighted by Crippen LogP contribution is 2.34. The summed E-state index contributed by atoms with van der Waals surface area (Å²) in [4.78, 5) is 27.0. The Kier molecular flexibility index (Phi) is 22.4. The lowest BCUT2D eigenvalue weighted by Crippen LogP contribution is -2.45. The second-order valence-corrected chi connectivity index (χ2v) is 40.1. The van der Waals surface area contributed by atoms with Crippen LogP contribution in [0.3, 0.4) is 0 Å². The molecule has 0 amide bonds. The molecule has 0 aliphatic carbocycles. The molecule has 0 aliphatic rings. The Bertz CT molecular complexity index is 1720. The first-order valence-corrected chi connectivity index (χ1v) is 37.1. The van der Waals surface area contributed by atoms with Gasteiger partial charge >= 0.3 is 11.9 Å². The molecule has 12 heteroatoms. The van der Waals surface area contributed by atoms with E-state index >= 15 is 0 Å². The molecule has 0 N–H and O–H groups in total. The highest BCUT2D eigenvalue weighted by Gasteiger charge is 2.39. The van der Waals surface area contributed by atoms with Gasteiger partial charge in [-0.05, 0) is 37.1 Å². The molecule has 0 spiro atoms. The molecule has 8 nitrogen and oxygen atoms in total. The fourth-order valence-electron chi connectivity index (χ4n) is 10.8. The molecule has 0 fully saturated rings. The number of carbonyl (C=O) groups excluding carboxylic acids is 2. The largest absolute Gasteiger partial charge is 0.474 e. The Morgan fingerprint density at radius 2 is 0.561 bits per heavy atom. The third kappa shape index (κ3) is 13.0. The molecule has 0 atom stereocenters. The van der Waals surface area contributed by atoms with Crippen LogP contribution in [0, 0.1) is 0 Å². The average molecular weight is 980 g/mol. The van der Waals surface area contributed by atoms with Crippen molar-refractivity contribution < 1.29 is 36.7 Å². The highest BCUT2D eigenvalue weighted by atomic mass is 28.3. The summed E-state index contributed by atoms with van der Waals surface area (Å²) in [6, 6.07) is 22.2. The summed E-state index contributed by atoms with van der Waals surface area (Å²) in [6.45, 7) is 27.4. The lowest BCUT2D eigenvalue weighted by molar-refractivity contribution is -0.148. The van der Waals surface area contributed by atoms with E-state index < -0.39 is 44.5 Å². The monoisotopic (exact) mass is 979 g/mol. The Hall–Kier alpha value is -3.07. The van der Waals surface area contributed by atoms with E-state index in [0.29, 0.717) is 12.8 Å². The minimum absolute atomic E-state index is 0.174. The maximum absolute atomic E-state index is 13.5. The van der Waals surface area contributed by atoms with Crippen molar-refractivity contribution in [2.24, 2.45) is 0 Å². The summed E-state index contributed by atoms with van der Waals surface area (Å²) in [6.07, 6.45) is 14.9. The standard InChI is InChI=1S/C54H90O8Si4/c1-13-63(14-2,15-3)49-35-43(39-57-49)53(44-36-50(58-40-44)64(16-4,17-5)18-6)61-47(55)33-31-29-27-25-26-28-30-32-34-48(56)62-54(45-37-51(59-41-45)65(19-7,20-8)21-9)46-38-52(60-42-46)66(22-10,23-11)24-12/h35-42,53-54H,13-34H2,1-12H3. The molecule has 370 valence electrons. The van der Waals surface area contributed by atoms with E-state index in [1.165, 1.54) is 0 Å². The number of hydrogen-bond acceptors (Lipinski definition) is 8. The van der Waals surface area contributed by atoms with Crippen molar-refractivity contribution >= 4 is 65.8 Å². The van der Waals surface area contributed by atoms with Gasteiger partial charge in [0.2, 0.25) is 0 Å². The van der Waals surface area contributed by atoms with Crippen LogP contribution in [-0.4, -0.2) is 44.2 Å². The van der Waals surface area contributed by atoms with Crippen molar-refractivity contribution in [3.05, 3.63) is 71.6 Å². The van der Waals surface area contributed by atoms with Gasteiger partial charge < -0.3 is 27.1 Å². The number of esters is 2.